The van der Waals surface area contributed by atoms with E-state index in [1.807, 2.05) is 0 Å². The molecule has 0 aromatic carbocycles. The minimum Gasteiger partial charge on any atom is -0.480 e. The van der Waals surface area contributed by atoms with E-state index in [0.717, 1.165) is 0 Å². The zero-order chi connectivity index (χ0) is 12.3. The van der Waals surface area contributed by atoms with Gasteiger partial charge in [0.1, 0.15) is 11.8 Å². The average molecular weight is 226 g/mol. The van der Waals surface area contributed by atoms with Crippen LogP contribution in [-0.2, 0) is 16.0 Å². The molecule has 1 heterocycles. The summed E-state index contributed by atoms with van der Waals surface area (Å²) in [4.78, 5) is 22.3. The Morgan fingerprint density at radius 1 is 1.56 bits per heavy atom. The number of nitrogens with one attached hydrogen (secondary N) is 1. The Kier molecular flexibility index (Phi) is 3.31. The Morgan fingerprint density at radius 2 is 2.19 bits per heavy atom. The summed E-state index contributed by atoms with van der Waals surface area (Å²) >= 11 is 0. The molecule has 0 bridgehead atoms. The molecular formula is C10H14N2O4. The van der Waals surface area contributed by atoms with E-state index in [9.17, 15) is 9.59 Å². The molecule has 0 aliphatic carbocycles. The van der Waals surface area contributed by atoms with Crippen LogP contribution in [0.1, 0.15) is 25.1 Å². The fourth-order valence-electron chi connectivity index (χ4n) is 1.10. The van der Waals surface area contributed by atoms with E-state index < -0.39 is 11.5 Å². The first kappa shape index (κ1) is 12.2. The third-order valence-electron chi connectivity index (χ3n) is 2.19. The van der Waals surface area contributed by atoms with Crippen LogP contribution < -0.4 is 5.32 Å². The summed E-state index contributed by atoms with van der Waals surface area (Å²) in [5, 5.41) is 14.9. The van der Waals surface area contributed by atoms with Crippen LogP contribution in [0, 0.1) is 6.92 Å². The first-order chi connectivity index (χ1) is 7.33. The van der Waals surface area contributed by atoms with Crippen LogP contribution in [0.2, 0.25) is 0 Å². The maximum absolute atomic E-state index is 11.5. The van der Waals surface area contributed by atoms with Gasteiger partial charge in [0.25, 0.3) is 0 Å². The maximum atomic E-state index is 11.5. The van der Waals surface area contributed by atoms with Crippen molar-refractivity contribution in [2.24, 2.45) is 0 Å². The predicted molar refractivity (Wildman–Crippen MR) is 54.8 cm³/mol. The van der Waals surface area contributed by atoms with Crippen LogP contribution in [0.15, 0.2) is 10.8 Å². The minimum atomic E-state index is -1.28. The first-order valence-electron chi connectivity index (χ1n) is 4.77. The lowest BCUT2D eigenvalue weighted by Gasteiger charge is -2.20. The molecule has 0 aliphatic rings. The van der Waals surface area contributed by atoms with Crippen molar-refractivity contribution >= 4 is 11.9 Å². The number of aromatic nitrogens is 1. The summed E-state index contributed by atoms with van der Waals surface area (Å²) in [5.41, 5.74) is 0.00396. The average Bonchev–Trinajstić information content (AvgIpc) is 2.50. The standard InChI is InChI=1S/C10H14N2O4/c1-6-7(5-16-12-6)4-8(13)11-10(2,3)9(14)15/h5H,4H2,1-3H3,(H,11,13)(H,14,15). The molecule has 88 valence electrons. The van der Waals surface area contributed by atoms with E-state index in [0.29, 0.717) is 11.3 Å². The number of carboxylic acids is 1. The van der Waals surface area contributed by atoms with E-state index >= 15 is 0 Å². The lowest BCUT2D eigenvalue weighted by atomic mass is 10.1. The van der Waals surface area contributed by atoms with Crippen molar-refractivity contribution in [3.63, 3.8) is 0 Å². The second-order valence-corrected chi connectivity index (χ2v) is 4.08. The molecule has 0 unspecified atom stereocenters. The Labute approximate surface area is 92.6 Å². The van der Waals surface area contributed by atoms with Crippen molar-refractivity contribution in [3.05, 3.63) is 17.5 Å². The van der Waals surface area contributed by atoms with Crippen LogP contribution in [0.25, 0.3) is 0 Å². The van der Waals surface area contributed by atoms with Crippen molar-refractivity contribution in [1.29, 1.82) is 0 Å². The number of aryl methyl sites for hydroxylation is 1. The van der Waals surface area contributed by atoms with E-state index in [2.05, 4.69) is 15.0 Å². The zero-order valence-corrected chi connectivity index (χ0v) is 9.40. The van der Waals surface area contributed by atoms with Crippen LogP contribution in [0.5, 0.6) is 0 Å². The second kappa shape index (κ2) is 4.34. The highest BCUT2D eigenvalue weighted by Crippen LogP contribution is 2.07. The van der Waals surface area contributed by atoms with Gasteiger partial charge in [-0.3, -0.25) is 4.79 Å². The van der Waals surface area contributed by atoms with Crippen molar-refractivity contribution in [2.75, 3.05) is 0 Å². The molecule has 0 aliphatic heterocycles. The van der Waals surface area contributed by atoms with Crippen LogP contribution in [-0.4, -0.2) is 27.7 Å². The third-order valence-corrected chi connectivity index (χ3v) is 2.19. The van der Waals surface area contributed by atoms with Gasteiger partial charge in [-0.15, -0.1) is 0 Å². The number of amides is 1. The van der Waals surface area contributed by atoms with Crippen molar-refractivity contribution in [1.82, 2.24) is 10.5 Å². The summed E-state index contributed by atoms with van der Waals surface area (Å²) in [6, 6.07) is 0. The molecule has 0 atom stereocenters. The summed E-state index contributed by atoms with van der Waals surface area (Å²) < 4.78 is 4.68. The van der Waals surface area contributed by atoms with Crippen LogP contribution >= 0.6 is 0 Å². The number of hydrogen-bond donors (Lipinski definition) is 2. The van der Waals surface area contributed by atoms with Gasteiger partial charge in [-0.25, -0.2) is 4.79 Å². The molecule has 1 aromatic rings. The second-order valence-electron chi connectivity index (χ2n) is 4.08. The van der Waals surface area contributed by atoms with Crippen molar-refractivity contribution < 1.29 is 19.2 Å². The molecule has 0 spiro atoms. The number of carbonyl (C=O) groups is 2. The van der Waals surface area contributed by atoms with E-state index in [1.54, 1.807) is 6.92 Å². The molecule has 1 aromatic heterocycles. The largest absolute Gasteiger partial charge is 0.480 e. The van der Waals surface area contributed by atoms with Gasteiger partial charge in [-0.1, -0.05) is 5.16 Å². The molecule has 1 amide bonds. The molecule has 0 fully saturated rings. The Bertz CT molecular complexity index is 409. The van der Waals surface area contributed by atoms with Gasteiger partial charge in [0.05, 0.1) is 12.1 Å². The number of hydrogen-bond acceptors (Lipinski definition) is 4. The van der Waals surface area contributed by atoms with Crippen LogP contribution in [0.4, 0.5) is 0 Å². The van der Waals surface area contributed by atoms with Gasteiger partial charge in [0.2, 0.25) is 5.91 Å². The molecule has 6 nitrogen and oxygen atoms in total. The summed E-state index contributed by atoms with van der Waals surface area (Å²) in [7, 11) is 0. The molecule has 0 radical (unpaired) electrons. The van der Waals surface area contributed by atoms with Gasteiger partial charge >= 0.3 is 5.97 Å². The number of nitrogens with zero attached hydrogens (tertiary/aromatic N) is 1. The SMILES string of the molecule is Cc1nocc1CC(=O)NC(C)(C)C(=O)O. The Morgan fingerprint density at radius 3 is 2.62 bits per heavy atom. The monoisotopic (exact) mass is 226 g/mol. The highest BCUT2D eigenvalue weighted by atomic mass is 16.5. The lowest BCUT2D eigenvalue weighted by Crippen LogP contribution is -2.50. The lowest BCUT2D eigenvalue weighted by molar-refractivity contribution is -0.145. The van der Waals surface area contributed by atoms with Crippen molar-refractivity contribution in [2.45, 2.75) is 32.7 Å². The number of carbonyl (C=O) groups excluding carboxylic acids is 1. The molecule has 1 rings (SSSR count). The minimum absolute atomic E-state index is 0.0616. The fourth-order valence-corrected chi connectivity index (χ4v) is 1.10. The highest BCUT2D eigenvalue weighted by molar-refractivity contribution is 5.87. The summed E-state index contributed by atoms with van der Waals surface area (Å²) in [6.45, 7) is 4.57. The van der Waals surface area contributed by atoms with Gasteiger partial charge in [0.15, 0.2) is 0 Å². The Hall–Kier alpha value is -1.85. The predicted octanol–water partition coefficient (Wildman–Crippen LogP) is 0.505. The molecular weight excluding hydrogens is 212 g/mol. The van der Waals surface area contributed by atoms with Gasteiger partial charge in [0, 0.05) is 5.56 Å². The smallest absolute Gasteiger partial charge is 0.328 e. The zero-order valence-electron chi connectivity index (χ0n) is 9.40. The van der Waals surface area contributed by atoms with Gasteiger partial charge in [-0.2, -0.15) is 0 Å². The fraction of sp³-hybridized carbons (Fsp3) is 0.500. The first-order valence-corrected chi connectivity index (χ1v) is 4.77. The quantitative estimate of drug-likeness (QED) is 0.780. The van der Waals surface area contributed by atoms with E-state index in [-0.39, 0.29) is 12.3 Å². The molecule has 2 N–H and O–H groups in total. The maximum Gasteiger partial charge on any atom is 0.328 e. The normalized spacial score (nSPS) is 11.2. The third kappa shape index (κ3) is 2.82. The van der Waals surface area contributed by atoms with E-state index in [4.69, 9.17) is 5.11 Å². The van der Waals surface area contributed by atoms with Gasteiger partial charge in [-0.05, 0) is 20.8 Å². The highest BCUT2D eigenvalue weighted by Gasteiger charge is 2.29. The Balaban J connectivity index is 2.62. The molecule has 0 saturated heterocycles. The summed E-state index contributed by atoms with van der Waals surface area (Å²) in [6.07, 6.45) is 1.44. The van der Waals surface area contributed by atoms with Crippen molar-refractivity contribution in [3.8, 4) is 0 Å². The number of carboxylic acid groups (broad SMARTS) is 1. The summed E-state index contributed by atoms with van der Waals surface area (Å²) in [5.74, 6) is -1.46. The molecule has 6 heteroatoms. The molecule has 0 saturated carbocycles. The topological polar surface area (TPSA) is 92.4 Å². The van der Waals surface area contributed by atoms with E-state index in [1.165, 1.54) is 20.1 Å². The molecule has 16 heavy (non-hydrogen) atoms. The van der Waals surface area contributed by atoms with Gasteiger partial charge < -0.3 is 14.9 Å². The number of aliphatic carboxylic acids is 1. The van der Waals surface area contributed by atoms with Crippen LogP contribution in [0.3, 0.4) is 0 Å². The number of rotatable bonds is 4.